The molecule has 3 heterocycles. The molecule has 8 nitrogen and oxygen atoms in total. The zero-order valence-corrected chi connectivity index (χ0v) is 23.4. The Hall–Kier alpha value is -3.47. The molecule has 0 saturated carbocycles. The molecule has 4 aromatic rings. The minimum absolute atomic E-state index is 0.0174. The lowest BCUT2D eigenvalue weighted by Crippen LogP contribution is -2.38. The second-order valence-electron chi connectivity index (χ2n) is 9.86. The van der Waals surface area contributed by atoms with E-state index in [0.29, 0.717) is 37.1 Å². The Kier molecular flexibility index (Phi) is 7.88. The number of benzene rings is 2. The maximum Gasteiger partial charge on any atom is 0.250 e. The van der Waals surface area contributed by atoms with Crippen LogP contribution in [0.3, 0.4) is 0 Å². The minimum atomic E-state index is -3.20. The molecule has 2 amide bonds. The Labute approximate surface area is 232 Å². The number of nitrogens with zero attached hydrogens (tertiary/aromatic N) is 1. The number of nitrogens with two attached hydrogens (primary N) is 1. The highest BCUT2D eigenvalue weighted by Crippen LogP contribution is 2.37. The van der Waals surface area contributed by atoms with Gasteiger partial charge in [-0.3, -0.25) is 9.59 Å². The lowest BCUT2D eigenvalue weighted by atomic mass is 9.88. The van der Waals surface area contributed by atoms with E-state index in [1.54, 1.807) is 28.6 Å². The highest BCUT2D eigenvalue weighted by atomic mass is 32.2. The normalized spacial score (nSPS) is 15.0. The summed E-state index contributed by atoms with van der Waals surface area (Å²) in [5.41, 5.74) is 10.7. The van der Waals surface area contributed by atoms with Gasteiger partial charge >= 0.3 is 0 Å². The number of fused-ring (bicyclic) bond motifs is 1. The van der Waals surface area contributed by atoms with Crippen LogP contribution in [0.15, 0.2) is 60.1 Å². The van der Waals surface area contributed by atoms with E-state index in [1.165, 1.54) is 0 Å². The number of thiophene rings is 1. The largest absolute Gasteiger partial charge is 0.366 e. The number of rotatable bonds is 9. The zero-order chi connectivity index (χ0) is 27.6. The molecule has 0 radical (unpaired) electrons. The third-order valence-corrected chi connectivity index (χ3v) is 10.2. The molecule has 204 valence electrons. The van der Waals surface area contributed by atoms with Gasteiger partial charge in [-0.2, -0.15) is 0 Å². The monoisotopic (exact) mass is 564 g/mol. The zero-order valence-electron chi connectivity index (χ0n) is 21.8. The number of hydrogen-bond acceptors (Lipinski definition) is 5. The summed E-state index contributed by atoms with van der Waals surface area (Å²) in [4.78, 5) is 28.9. The summed E-state index contributed by atoms with van der Waals surface area (Å²) in [6.45, 7) is 3.08. The van der Waals surface area contributed by atoms with E-state index in [9.17, 15) is 18.0 Å². The van der Waals surface area contributed by atoms with Gasteiger partial charge in [0, 0.05) is 36.1 Å². The number of hydrogen-bond donors (Lipinski definition) is 3. The molecule has 39 heavy (non-hydrogen) atoms. The average Bonchev–Trinajstić information content (AvgIpc) is 3.61. The number of sulfonamides is 1. The second-order valence-corrected chi connectivity index (χ2v) is 13.1. The molecule has 4 N–H and O–H groups in total. The maximum atomic E-state index is 12.4. The van der Waals surface area contributed by atoms with Crippen LogP contribution in [0.4, 0.5) is 0 Å². The van der Waals surface area contributed by atoms with Crippen molar-refractivity contribution in [2.75, 3.05) is 18.8 Å². The van der Waals surface area contributed by atoms with Crippen molar-refractivity contribution < 1.29 is 18.0 Å². The Balaban J connectivity index is 1.35. The molecule has 0 bridgehead atoms. The lowest BCUT2D eigenvalue weighted by Gasteiger charge is -2.31. The van der Waals surface area contributed by atoms with Crippen LogP contribution in [-0.4, -0.2) is 48.4 Å². The summed E-state index contributed by atoms with van der Waals surface area (Å²) in [7, 11) is -3.20. The first-order valence-corrected chi connectivity index (χ1v) is 15.5. The summed E-state index contributed by atoms with van der Waals surface area (Å²) < 4.78 is 26.2. The third kappa shape index (κ3) is 5.93. The van der Waals surface area contributed by atoms with E-state index in [1.807, 2.05) is 48.0 Å². The minimum Gasteiger partial charge on any atom is -0.366 e. The summed E-state index contributed by atoms with van der Waals surface area (Å²) in [6.07, 6.45) is 3.74. The predicted octanol–water partition coefficient (Wildman–Crippen LogP) is 4.38. The molecule has 2 aromatic carbocycles. The second kappa shape index (κ2) is 11.3. The topological polar surface area (TPSA) is 125 Å². The van der Waals surface area contributed by atoms with Crippen molar-refractivity contribution in [3.63, 3.8) is 0 Å². The number of aromatic amines is 1. The first-order chi connectivity index (χ1) is 18.7. The molecule has 5 rings (SSSR count). The van der Waals surface area contributed by atoms with Gasteiger partial charge in [0.25, 0.3) is 5.91 Å². The Morgan fingerprint density at radius 1 is 1.10 bits per heavy atom. The average molecular weight is 565 g/mol. The molecule has 2 aromatic heterocycles. The van der Waals surface area contributed by atoms with Gasteiger partial charge in [0.05, 0.1) is 23.3 Å². The molecule has 1 saturated heterocycles. The van der Waals surface area contributed by atoms with Crippen LogP contribution < -0.4 is 11.1 Å². The number of carbonyl (C=O) groups excluding carboxylic acids is 2. The van der Waals surface area contributed by atoms with Crippen molar-refractivity contribution in [1.29, 1.82) is 0 Å². The van der Waals surface area contributed by atoms with Crippen LogP contribution in [-0.2, 0) is 27.8 Å². The van der Waals surface area contributed by atoms with E-state index in [2.05, 4.69) is 16.4 Å². The summed E-state index contributed by atoms with van der Waals surface area (Å²) >= 11 is 1.57. The molecule has 0 aliphatic carbocycles. The van der Waals surface area contributed by atoms with Crippen molar-refractivity contribution in [3.8, 4) is 11.1 Å². The first kappa shape index (κ1) is 27.1. The number of nitrogens with one attached hydrogen (secondary N) is 2. The standard InChI is InChI=1S/C29H32N4O4S2/c1-2-39(36,37)33-11-9-21(10-12-33)26-18-32-28-24(26)14-22(15-25(28)29(30)35)20-7-5-19(6-8-20)17-31-27(34)16-23-4-3-13-38-23/h3-8,13-15,18,21,32H,2,9-12,16-17H2,1H3,(H2,30,35)(H,31,34). The molecule has 0 spiro atoms. The van der Waals surface area contributed by atoms with Gasteiger partial charge in [-0.25, -0.2) is 12.7 Å². The van der Waals surface area contributed by atoms with Crippen LogP contribution in [0.5, 0.6) is 0 Å². The van der Waals surface area contributed by atoms with E-state index in [-0.39, 0.29) is 17.6 Å². The Bertz CT molecular complexity index is 1580. The van der Waals surface area contributed by atoms with Crippen molar-refractivity contribution in [2.45, 2.75) is 38.6 Å². The molecular weight excluding hydrogens is 532 g/mol. The fourth-order valence-electron chi connectivity index (χ4n) is 5.23. The molecule has 1 aliphatic heterocycles. The first-order valence-electron chi connectivity index (χ1n) is 13.1. The van der Waals surface area contributed by atoms with Gasteiger partial charge in [-0.15, -0.1) is 11.3 Å². The number of carbonyl (C=O) groups is 2. The van der Waals surface area contributed by atoms with Crippen molar-refractivity contribution >= 4 is 44.1 Å². The van der Waals surface area contributed by atoms with Gasteiger partial charge in [0.15, 0.2) is 0 Å². The lowest BCUT2D eigenvalue weighted by molar-refractivity contribution is -0.120. The van der Waals surface area contributed by atoms with Crippen LogP contribution in [0.1, 0.15) is 52.0 Å². The van der Waals surface area contributed by atoms with Crippen LogP contribution in [0.25, 0.3) is 22.0 Å². The van der Waals surface area contributed by atoms with Crippen LogP contribution in [0.2, 0.25) is 0 Å². The SMILES string of the molecule is CCS(=O)(=O)N1CCC(c2c[nH]c3c(C(N)=O)cc(-c4ccc(CNC(=O)Cc5cccs5)cc4)cc23)CC1. The third-order valence-electron chi connectivity index (χ3n) is 7.43. The molecule has 0 unspecified atom stereocenters. The Morgan fingerprint density at radius 2 is 1.85 bits per heavy atom. The van der Waals surface area contributed by atoms with Crippen LogP contribution >= 0.6 is 11.3 Å². The molecule has 1 fully saturated rings. The van der Waals surface area contributed by atoms with Crippen molar-refractivity contribution in [3.05, 3.63) is 81.7 Å². The molecule has 0 atom stereocenters. The summed E-state index contributed by atoms with van der Waals surface area (Å²) in [5, 5.41) is 5.86. The number of primary amides is 1. The molecule has 1 aliphatic rings. The van der Waals surface area contributed by atoms with Crippen LogP contribution in [0, 0.1) is 0 Å². The van der Waals surface area contributed by atoms with Gasteiger partial charge in [0.1, 0.15) is 0 Å². The van der Waals surface area contributed by atoms with Gasteiger partial charge in [-0.1, -0.05) is 30.3 Å². The smallest absolute Gasteiger partial charge is 0.250 e. The number of H-pyrrole nitrogens is 1. The summed E-state index contributed by atoms with van der Waals surface area (Å²) in [5.74, 6) is -0.241. The highest BCUT2D eigenvalue weighted by molar-refractivity contribution is 7.89. The number of aromatic nitrogens is 1. The van der Waals surface area contributed by atoms with Gasteiger partial charge in [-0.05, 0) is 71.5 Å². The maximum absolute atomic E-state index is 12.4. The quantitative estimate of drug-likeness (QED) is 0.279. The van der Waals surface area contributed by atoms with E-state index in [0.717, 1.165) is 45.4 Å². The van der Waals surface area contributed by atoms with E-state index >= 15 is 0 Å². The van der Waals surface area contributed by atoms with Gasteiger partial charge in [0.2, 0.25) is 15.9 Å². The van der Waals surface area contributed by atoms with E-state index < -0.39 is 15.9 Å². The van der Waals surface area contributed by atoms with Crippen molar-refractivity contribution in [1.82, 2.24) is 14.6 Å². The number of amides is 2. The number of piperidine rings is 1. The highest BCUT2D eigenvalue weighted by Gasteiger charge is 2.29. The molecular formula is C29H32N4O4S2. The fourth-order valence-corrected chi connectivity index (χ4v) is 7.06. The predicted molar refractivity (Wildman–Crippen MR) is 155 cm³/mol. The van der Waals surface area contributed by atoms with Crippen molar-refractivity contribution in [2.24, 2.45) is 5.73 Å². The van der Waals surface area contributed by atoms with E-state index in [4.69, 9.17) is 5.73 Å². The fraction of sp³-hybridized carbons (Fsp3) is 0.310. The summed E-state index contributed by atoms with van der Waals surface area (Å²) in [6, 6.07) is 15.7. The Morgan fingerprint density at radius 3 is 2.49 bits per heavy atom. The van der Waals surface area contributed by atoms with Gasteiger partial charge < -0.3 is 16.0 Å². The molecule has 10 heteroatoms.